The summed E-state index contributed by atoms with van der Waals surface area (Å²) < 4.78 is 37.6. The van der Waals surface area contributed by atoms with Gasteiger partial charge in [-0.3, -0.25) is 4.90 Å². The highest BCUT2D eigenvalue weighted by molar-refractivity contribution is 5.50. The second kappa shape index (κ2) is 7.74. The van der Waals surface area contributed by atoms with E-state index in [0.29, 0.717) is 0 Å². The van der Waals surface area contributed by atoms with Crippen molar-refractivity contribution in [2.75, 3.05) is 37.6 Å². The Labute approximate surface area is 146 Å². The lowest BCUT2D eigenvalue weighted by Crippen LogP contribution is -2.46. The van der Waals surface area contributed by atoms with Crippen molar-refractivity contribution < 1.29 is 13.2 Å². The second-order valence-electron chi connectivity index (χ2n) is 6.15. The molecule has 0 radical (unpaired) electrons. The minimum Gasteiger partial charge on any atom is -0.369 e. The highest BCUT2D eigenvalue weighted by Crippen LogP contribution is 2.29. The van der Waals surface area contributed by atoms with Gasteiger partial charge in [0.2, 0.25) is 0 Å². The molecule has 132 valence electrons. The van der Waals surface area contributed by atoms with Crippen LogP contribution in [0.4, 0.5) is 18.9 Å². The number of benzene rings is 2. The average Bonchev–Trinajstić information content (AvgIpc) is 2.63. The Bertz CT molecular complexity index is 685. The van der Waals surface area contributed by atoms with Gasteiger partial charge in [-0.2, -0.15) is 13.2 Å². The number of para-hydroxylation sites is 1. The fourth-order valence-corrected chi connectivity index (χ4v) is 2.95. The van der Waals surface area contributed by atoms with E-state index in [9.17, 15) is 13.2 Å². The topological polar surface area (TPSA) is 6.48 Å². The van der Waals surface area contributed by atoms with Crippen molar-refractivity contribution in [2.45, 2.75) is 6.18 Å². The van der Waals surface area contributed by atoms with Crippen molar-refractivity contribution >= 4 is 11.8 Å². The van der Waals surface area contributed by atoms with Gasteiger partial charge in [-0.15, -0.1) is 0 Å². The van der Waals surface area contributed by atoms with Crippen molar-refractivity contribution in [3.8, 4) is 0 Å². The Kier molecular flexibility index (Phi) is 5.43. The van der Waals surface area contributed by atoms with Crippen LogP contribution in [0, 0.1) is 0 Å². The zero-order chi connectivity index (χ0) is 17.7. The molecule has 1 fully saturated rings. The molecule has 0 N–H and O–H groups in total. The van der Waals surface area contributed by atoms with Crippen molar-refractivity contribution in [3.05, 3.63) is 71.8 Å². The third kappa shape index (κ3) is 4.86. The van der Waals surface area contributed by atoms with Crippen LogP contribution in [0.5, 0.6) is 0 Å². The lowest BCUT2D eigenvalue weighted by molar-refractivity contribution is -0.137. The summed E-state index contributed by atoms with van der Waals surface area (Å²) in [5, 5.41) is 0. The van der Waals surface area contributed by atoms with Crippen LogP contribution < -0.4 is 4.90 Å². The van der Waals surface area contributed by atoms with Crippen LogP contribution in [-0.2, 0) is 6.18 Å². The summed E-state index contributed by atoms with van der Waals surface area (Å²) in [5.74, 6) is 0. The summed E-state index contributed by atoms with van der Waals surface area (Å²) in [6.45, 7) is 4.73. The molecular weight excluding hydrogens is 325 g/mol. The van der Waals surface area contributed by atoms with Crippen molar-refractivity contribution in [3.63, 3.8) is 0 Å². The van der Waals surface area contributed by atoms with Crippen LogP contribution >= 0.6 is 0 Å². The van der Waals surface area contributed by atoms with E-state index in [4.69, 9.17) is 0 Å². The molecule has 2 aromatic rings. The van der Waals surface area contributed by atoms with Crippen molar-refractivity contribution in [1.82, 2.24) is 4.90 Å². The van der Waals surface area contributed by atoms with Gasteiger partial charge in [0.25, 0.3) is 0 Å². The maximum absolute atomic E-state index is 12.5. The predicted octanol–water partition coefficient (Wildman–Crippen LogP) is 4.54. The number of hydrogen-bond donors (Lipinski definition) is 0. The van der Waals surface area contributed by atoms with Gasteiger partial charge in [0.05, 0.1) is 5.56 Å². The molecule has 25 heavy (non-hydrogen) atoms. The zero-order valence-corrected chi connectivity index (χ0v) is 13.9. The lowest BCUT2D eigenvalue weighted by Gasteiger charge is -2.35. The van der Waals surface area contributed by atoms with Gasteiger partial charge in [0, 0.05) is 38.4 Å². The first-order valence-corrected chi connectivity index (χ1v) is 8.38. The maximum atomic E-state index is 12.5. The summed E-state index contributed by atoms with van der Waals surface area (Å²) in [5.41, 5.74) is 1.43. The Hall–Kier alpha value is -2.27. The largest absolute Gasteiger partial charge is 0.416 e. The number of rotatable bonds is 4. The molecule has 1 aliphatic rings. The number of alkyl halides is 3. The highest BCUT2D eigenvalue weighted by atomic mass is 19.4. The molecule has 0 aromatic heterocycles. The average molecular weight is 346 g/mol. The second-order valence-corrected chi connectivity index (χ2v) is 6.15. The molecule has 0 aliphatic carbocycles. The maximum Gasteiger partial charge on any atom is 0.416 e. The minimum atomic E-state index is -4.28. The Morgan fingerprint density at radius 2 is 1.48 bits per heavy atom. The number of nitrogens with zero attached hydrogens (tertiary/aromatic N) is 2. The molecule has 2 aromatic carbocycles. The van der Waals surface area contributed by atoms with E-state index in [1.165, 1.54) is 17.8 Å². The van der Waals surface area contributed by atoms with E-state index in [1.54, 1.807) is 0 Å². The Morgan fingerprint density at radius 3 is 2.08 bits per heavy atom. The smallest absolute Gasteiger partial charge is 0.369 e. The first-order valence-electron chi connectivity index (χ1n) is 8.38. The molecule has 0 amide bonds. The van der Waals surface area contributed by atoms with Gasteiger partial charge in [0.15, 0.2) is 0 Å². The summed E-state index contributed by atoms with van der Waals surface area (Å²) in [7, 11) is 0. The van der Waals surface area contributed by atoms with Gasteiger partial charge < -0.3 is 4.90 Å². The SMILES string of the molecule is FC(F)(F)c1ccc(C=CCN2CCN(c3ccccc3)CC2)cc1. The zero-order valence-electron chi connectivity index (χ0n) is 13.9. The standard InChI is InChI=1S/C20H21F3N2/c21-20(22,23)18-10-8-17(9-11-18)5-4-12-24-13-15-25(16-14-24)19-6-2-1-3-7-19/h1-11H,12-16H2. The predicted molar refractivity (Wildman–Crippen MR) is 95.6 cm³/mol. The summed E-state index contributed by atoms with van der Waals surface area (Å²) in [6.07, 6.45) is -0.384. The van der Waals surface area contributed by atoms with Gasteiger partial charge in [-0.25, -0.2) is 0 Å². The van der Waals surface area contributed by atoms with E-state index in [0.717, 1.165) is 50.4 Å². The minimum absolute atomic E-state index is 0.610. The van der Waals surface area contributed by atoms with E-state index in [1.807, 2.05) is 18.2 Å². The van der Waals surface area contributed by atoms with Crippen LogP contribution in [0.15, 0.2) is 60.7 Å². The quantitative estimate of drug-likeness (QED) is 0.802. The van der Waals surface area contributed by atoms with E-state index >= 15 is 0 Å². The molecule has 0 atom stereocenters. The molecule has 1 saturated heterocycles. The Balaban J connectivity index is 1.47. The molecular formula is C20H21F3N2. The lowest BCUT2D eigenvalue weighted by atomic mass is 10.1. The fraction of sp³-hybridized carbons (Fsp3) is 0.300. The number of anilines is 1. The van der Waals surface area contributed by atoms with Crippen LogP contribution in [0.3, 0.4) is 0 Å². The normalized spacial score (nSPS) is 16.5. The first kappa shape index (κ1) is 17.5. The van der Waals surface area contributed by atoms with Crippen LogP contribution in [0.25, 0.3) is 6.08 Å². The summed E-state index contributed by atoms with van der Waals surface area (Å²) in [4.78, 5) is 4.72. The molecule has 3 rings (SSSR count). The van der Waals surface area contributed by atoms with Gasteiger partial charge in [0.1, 0.15) is 0 Å². The molecule has 2 nitrogen and oxygen atoms in total. The van der Waals surface area contributed by atoms with E-state index in [2.05, 4.69) is 34.1 Å². The van der Waals surface area contributed by atoms with Crippen molar-refractivity contribution in [1.29, 1.82) is 0 Å². The molecule has 0 saturated carbocycles. The highest BCUT2D eigenvalue weighted by Gasteiger charge is 2.29. The number of piperazine rings is 1. The third-order valence-corrected chi connectivity index (χ3v) is 4.41. The number of halogens is 3. The third-order valence-electron chi connectivity index (χ3n) is 4.41. The first-order chi connectivity index (χ1) is 12.0. The molecule has 1 heterocycles. The molecule has 0 unspecified atom stereocenters. The van der Waals surface area contributed by atoms with Gasteiger partial charge in [-0.1, -0.05) is 42.5 Å². The van der Waals surface area contributed by atoms with Crippen molar-refractivity contribution in [2.24, 2.45) is 0 Å². The van der Waals surface area contributed by atoms with Crippen LogP contribution in [0.1, 0.15) is 11.1 Å². The van der Waals surface area contributed by atoms with Gasteiger partial charge >= 0.3 is 6.18 Å². The fourth-order valence-electron chi connectivity index (χ4n) is 2.95. The van der Waals surface area contributed by atoms with E-state index < -0.39 is 11.7 Å². The number of hydrogen-bond acceptors (Lipinski definition) is 2. The monoisotopic (exact) mass is 346 g/mol. The van der Waals surface area contributed by atoms with Crippen LogP contribution in [-0.4, -0.2) is 37.6 Å². The summed E-state index contributed by atoms with van der Waals surface area (Å²) in [6, 6.07) is 15.6. The summed E-state index contributed by atoms with van der Waals surface area (Å²) >= 11 is 0. The molecule has 0 spiro atoms. The molecule has 0 bridgehead atoms. The molecule has 1 aliphatic heterocycles. The van der Waals surface area contributed by atoms with Gasteiger partial charge in [-0.05, 0) is 29.8 Å². The molecule has 5 heteroatoms. The Morgan fingerprint density at radius 1 is 0.840 bits per heavy atom. The van der Waals surface area contributed by atoms with Crippen LogP contribution in [0.2, 0.25) is 0 Å². The van der Waals surface area contributed by atoms with E-state index in [-0.39, 0.29) is 0 Å².